The molecule has 3 heteroatoms. The Labute approximate surface area is 115 Å². The first-order valence-corrected chi connectivity index (χ1v) is 7.16. The molecule has 0 aromatic heterocycles. The van der Waals surface area contributed by atoms with Gasteiger partial charge in [0, 0.05) is 25.2 Å². The molecule has 0 radical (unpaired) electrons. The lowest BCUT2D eigenvalue weighted by atomic mass is 9.83. The van der Waals surface area contributed by atoms with Crippen molar-refractivity contribution in [3.05, 3.63) is 29.8 Å². The second kappa shape index (κ2) is 6.20. The fourth-order valence-electron chi connectivity index (χ4n) is 2.83. The largest absolute Gasteiger partial charge is 0.327 e. The highest BCUT2D eigenvalue weighted by Crippen LogP contribution is 2.27. The highest BCUT2D eigenvalue weighted by atomic mass is 16.2. The van der Waals surface area contributed by atoms with E-state index in [4.69, 9.17) is 5.73 Å². The van der Waals surface area contributed by atoms with Gasteiger partial charge < -0.3 is 10.6 Å². The standard InChI is InChI=1S/C16H24N2O/c1-12-6-5-8-14(10-12)18(2)16(19)11-13-7-3-4-9-15(13)17/h5-6,8,10,13,15H,3-4,7,9,11,17H2,1-2H3. The molecule has 0 bridgehead atoms. The molecule has 2 atom stereocenters. The summed E-state index contributed by atoms with van der Waals surface area (Å²) >= 11 is 0. The van der Waals surface area contributed by atoms with Gasteiger partial charge in [-0.15, -0.1) is 0 Å². The SMILES string of the molecule is Cc1cccc(N(C)C(=O)CC2CCCCC2N)c1. The van der Waals surface area contributed by atoms with Gasteiger partial charge in [0.1, 0.15) is 0 Å². The van der Waals surface area contributed by atoms with Crippen molar-refractivity contribution in [3.8, 4) is 0 Å². The molecule has 1 amide bonds. The molecule has 0 spiro atoms. The Morgan fingerprint density at radius 2 is 2.11 bits per heavy atom. The molecule has 2 rings (SSSR count). The highest BCUT2D eigenvalue weighted by molar-refractivity contribution is 5.93. The van der Waals surface area contributed by atoms with Crippen molar-refractivity contribution in [3.63, 3.8) is 0 Å². The topological polar surface area (TPSA) is 46.3 Å². The summed E-state index contributed by atoms with van der Waals surface area (Å²) in [5.74, 6) is 0.529. The number of nitrogens with two attached hydrogens (primary N) is 1. The number of anilines is 1. The molecular weight excluding hydrogens is 236 g/mol. The third kappa shape index (κ3) is 3.57. The van der Waals surface area contributed by atoms with Gasteiger partial charge in [0.2, 0.25) is 5.91 Å². The molecule has 1 aliphatic carbocycles. The molecule has 3 nitrogen and oxygen atoms in total. The van der Waals surface area contributed by atoms with Crippen molar-refractivity contribution in [1.82, 2.24) is 0 Å². The van der Waals surface area contributed by atoms with E-state index in [0.29, 0.717) is 12.3 Å². The average Bonchev–Trinajstić information content (AvgIpc) is 2.40. The smallest absolute Gasteiger partial charge is 0.227 e. The van der Waals surface area contributed by atoms with E-state index in [1.165, 1.54) is 18.4 Å². The van der Waals surface area contributed by atoms with Gasteiger partial charge in [0.05, 0.1) is 0 Å². The number of benzene rings is 1. The molecule has 104 valence electrons. The Kier molecular flexibility index (Phi) is 4.59. The van der Waals surface area contributed by atoms with Crippen molar-refractivity contribution in [2.45, 2.75) is 45.1 Å². The first-order chi connectivity index (χ1) is 9.08. The van der Waals surface area contributed by atoms with E-state index in [0.717, 1.165) is 18.5 Å². The summed E-state index contributed by atoms with van der Waals surface area (Å²) in [4.78, 5) is 14.1. The van der Waals surface area contributed by atoms with Crippen LogP contribution in [-0.2, 0) is 4.79 Å². The first kappa shape index (κ1) is 14.1. The van der Waals surface area contributed by atoms with Gasteiger partial charge in [-0.1, -0.05) is 25.0 Å². The van der Waals surface area contributed by atoms with Crippen molar-refractivity contribution in [2.24, 2.45) is 11.7 Å². The molecule has 1 aromatic rings. The monoisotopic (exact) mass is 260 g/mol. The number of aryl methyl sites for hydroxylation is 1. The number of carbonyl (C=O) groups excluding carboxylic acids is 1. The first-order valence-electron chi connectivity index (χ1n) is 7.16. The van der Waals surface area contributed by atoms with E-state index in [1.54, 1.807) is 4.90 Å². The van der Waals surface area contributed by atoms with Crippen LogP contribution < -0.4 is 10.6 Å². The second-order valence-electron chi connectivity index (χ2n) is 5.70. The summed E-state index contributed by atoms with van der Waals surface area (Å²) in [6.07, 6.45) is 5.14. The number of hydrogen-bond donors (Lipinski definition) is 1. The van der Waals surface area contributed by atoms with Crippen LogP contribution in [0.1, 0.15) is 37.7 Å². The second-order valence-corrected chi connectivity index (χ2v) is 5.70. The summed E-state index contributed by atoms with van der Waals surface area (Å²) in [5.41, 5.74) is 8.26. The Bertz CT molecular complexity index is 444. The third-order valence-corrected chi connectivity index (χ3v) is 4.17. The average molecular weight is 260 g/mol. The van der Waals surface area contributed by atoms with Gasteiger partial charge in [0.15, 0.2) is 0 Å². The molecule has 1 aromatic carbocycles. The van der Waals surface area contributed by atoms with Gasteiger partial charge in [-0.05, 0) is 43.4 Å². The third-order valence-electron chi connectivity index (χ3n) is 4.17. The van der Waals surface area contributed by atoms with Crippen LogP contribution in [0, 0.1) is 12.8 Å². The summed E-state index contributed by atoms with van der Waals surface area (Å²) in [5, 5.41) is 0. The van der Waals surface area contributed by atoms with E-state index in [9.17, 15) is 4.79 Å². The number of carbonyl (C=O) groups is 1. The van der Waals surface area contributed by atoms with E-state index in [2.05, 4.69) is 0 Å². The van der Waals surface area contributed by atoms with E-state index < -0.39 is 0 Å². The number of rotatable bonds is 3. The molecule has 1 saturated carbocycles. The Morgan fingerprint density at radius 1 is 1.37 bits per heavy atom. The maximum absolute atomic E-state index is 12.3. The predicted octanol–water partition coefficient (Wildman–Crippen LogP) is 2.87. The van der Waals surface area contributed by atoms with Crippen LogP contribution in [0.5, 0.6) is 0 Å². The van der Waals surface area contributed by atoms with Crippen LogP contribution in [0.4, 0.5) is 5.69 Å². The van der Waals surface area contributed by atoms with Gasteiger partial charge in [0.25, 0.3) is 0 Å². The summed E-state index contributed by atoms with van der Waals surface area (Å²) in [7, 11) is 1.85. The van der Waals surface area contributed by atoms with Crippen molar-refractivity contribution >= 4 is 11.6 Å². The Balaban J connectivity index is 1.99. The van der Waals surface area contributed by atoms with Gasteiger partial charge in [-0.2, -0.15) is 0 Å². The molecular formula is C16H24N2O. The molecule has 1 fully saturated rings. The van der Waals surface area contributed by atoms with Crippen LogP contribution in [0.15, 0.2) is 24.3 Å². The number of nitrogens with zero attached hydrogens (tertiary/aromatic N) is 1. The lowest BCUT2D eigenvalue weighted by molar-refractivity contribution is -0.119. The zero-order chi connectivity index (χ0) is 13.8. The zero-order valence-corrected chi connectivity index (χ0v) is 11.9. The molecule has 2 unspecified atom stereocenters. The molecule has 1 aliphatic rings. The zero-order valence-electron chi connectivity index (χ0n) is 11.9. The maximum Gasteiger partial charge on any atom is 0.227 e. The lowest BCUT2D eigenvalue weighted by Crippen LogP contribution is -2.37. The van der Waals surface area contributed by atoms with E-state index in [-0.39, 0.29) is 11.9 Å². The lowest BCUT2D eigenvalue weighted by Gasteiger charge is -2.29. The van der Waals surface area contributed by atoms with Crippen LogP contribution >= 0.6 is 0 Å². The van der Waals surface area contributed by atoms with Crippen LogP contribution in [-0.4, -0.2) is 19.0 Å². The molecule has 0 saturated heterocycles. The van der Waals surface area contributed by atoms with Crippen molar-refractivity contribution < 1.29 is 4.79 Å². The van der Waals surface area contributed by atoms with Gasteiger partial charge in [-0.3, -0.25) is 4.79 Å². The van der Waals surface area contributed by atoms with Gasteiger partial charge in [-0.25, -0.2) is 0 Å². The maximum atomic E-state index is 12.3. The predicted molar refractivity (Wildman–Crippen MR) is 79.1 cm³/mol. The molecule has 0 aliphatic heterocycles. The highest BCUT2D eigenvalue weighted by Gasteiger charge is 2.25. The fraction of sp³-hybridized carbons (Fsp3) is 0.562. The number of amides is 1. The summed E-state index contributed by atoms with van der Waals surface area (Å²) in [6.45, 7) is 2.04. The van der Waals surface area contributed by atoms with Crippen molar-refractivity contribution in [2.75, 3.05) is 11.9 Å². The quantitative estimate of drug-likeness (QED) is 0.908. The minimum absolute atomic E-state index is 0.174. The van der Waals surface area contributed by atoms with Crippen molar-refractivity contribution in [1.29, 1.82) is 0 Å². The van der Waals surface area contributed by atoms with Crippen LogP contribution in [0.2, 0.25) is 0 Å². The Hall–Kier alpha value is -1.35. The van der Waals surface area contributed by atoms with Crippen LogP contribution in [0.25, 0.3) is 0 Å². The normalized spacial score (nSPS) is 23.1. The molecule has 19 heavy (non-hydrogen) atoms. The minimum Gasteiger partial charge on any atom is -0.327 e. The summed E-state index contributed by atoms with van der Waals surface area (Å²) < 4.78 is 0. The van der Waals surface area contributed by atoms with Crippen LogP contribution in [0.3, 0.4) is 0 Å². The Morgan fingerprint density at radius 3 is 2.79 bits per heavy atom. The molecule has 0 heterocycles. The van der Waals surface area contributed by atoms with E-state index >= 15 is 0 Å². The van der Waals surface area contributed by atoms with Gasteiger partial charge >= 0.3 is 0 Å². The molecule has 2 N–H and O–H groups in total. The fourth-order valence-corrected chi connectivity index (χ4v) is 2.83. The number of hydrogen-bond acceptors (Lipinski definition) is 2. The van der Waals surface area contributed by atoms with E-state index in [1.807, 2.05) is 38.2 Å². The minimum atomic E-state index is 0.174. The summed E-state index contributed by atoms with van der Waals surface area (Å²) in [6, 6.07) is 8.24.